The van der Waals surface area contributed by atoms with Crippen molar-refractivity contribution in [3.05, 3.63) is 148 Å². The number of aliphatic hydroxyl groups excluding tert-OH is 2. The Hall–Kier alpha value is -7.08. The smallest absolute Gasteiger partial charge is 0.417 e. The number of allylic oxidation sites excluding steroid dienone is 1. The number of hydrogen-bond acceptors (Lipinski definition) is 13. The molecule has 1 fully saturated rings. The van der Waals surface area contributed by atoms with Gasteiger partial charge in [-0.05, 0) is 115 Å². The number of ether oxygens (including phenoxy) is 5. The number of halogens is 1. The zero-order chi connectivity index (χ0) is 49.8. The van der Waals surface area contributed by atoms with Gasteiger partial charge in [0.25, 0.3) is 5.69 Å². The van der Waals surface area contributed by atoms with E-state index in [-0.39, 0.29) is 56.1 Å². The van der Waals surface area contributed by atoms with E-state index in [0.29, 0.717) is 77.4 Å². The molecule has 1 aliphatic heterocycles. The van der Waals surface area contributed by atoms with E-state index in [9.17, 15) is 29.5 Å². The first-order valence-electron chi connectivity index (χ1n) is 23.3. The van der Waals surface area contributed by atoms with Gasteiger partial charge in [-0.2, -0.15) is 0 Å². The average Bonchev–Trinajstić information content (AvgIpc) is 3.36. The molecule has 0 spiro atoms. The molecule has 0 saturated heterocycles. The number of non-ortho nitro benzene ring substituents is 1. The lowest BCUT2D eigenvalue weighted by Crippen LogP contribution is -2.70. The van der Waals surface area contributed by atoms with Crippen molar-refractivity contribution in [3.63, 3.8) is 0 Å². The van der Waals surface area contributed by atoms with Crippen molar-refractivity contribution < 1.29 is 57.6 Å². The fourth-order valence-corrected chi connectivity index (χ4v) is 10.1. The third kappa shape index (κ3) is 11.3. The number of nitrogens with zero attached hydrogens (tertiary/aromatic N) is 3. The van der Waals surface area contributed by atoms with Gasteiger partial charge in [0.15, 0.2) is 0 Å². The molecule has 3 aliphatic rings. The third-order valence-corrected chi connectivity index (χ3v) is 13.1. The van der Waals surface area contributed by atoms with E-state index in [4.69, 9.17) is 28.5 Å². The summed E-state index contributed by atoms with van der Waals surface area (Å²) in [6.07, 6.45) is 9.96. The van der Waals surface area contributed by atoms with Crippen LogP contribution >= 0.6 is 0 Å². The van der Waals surface area contributed by atoms with Crippen molar-refractivity contribution in [2.75, 3.05) is 46.5 Å². The van der Waals surface area contributed by atoms with Crippen LogP contribution < -0.4 is 24.3 Å². The van der Waals surface area contributed by atoms with Crippen LogP contribution in [0.4, 0.5) is 20.6 Å². The molecule has 3 N–H and O–H groups in total. The van der Waals surface area contributed by atoms with Crippen LogP contribution in [0.15, 0.2) is 120 Å². The summed E-state index contributed by atoms with van der Waals surface area (Å²) in [7, 11) is 4.45. The van der Waals surface area contributed by atoms with Crippen LogP contribution in [0.5, 0.6) is 23.0 Å². The number of rotatable bonds is 22. The van der Waals surface area contributed by atoms with Gasteiger partial charge in [0.05, 0.1) is 43.1 Å². The fraction of sp³-hybridized carbons (Fsp3) is 0.377. The summed E-state index contributed by atoms with van der Waals surface area (Å²) >= 11 is 0. The van der Waals surface area contributed by atoms with Crippen molar-refractivity contribution >= 4 is 35.2 Å². The molecular weight excluding hydrogens is 904 g/mol. The predicted molar refractivity (Wildman–Crippen MR) is 260 cm³/mol. The van der Waals surface area contributed by atoms with Crippen molar-refractivity contribution in [3.8, 4) is 23.0 Å². The number of aliphatic hydroxyl groups is 2. The average molecular weight is 963 g/mol. The first-order valence-corrected chi connectivity index (χ1v) is 23.3. The van der Waals surface area contributed by atoms with E-state index in [0.717, 1.165) is 12.0 Å². The second-order valence-electron chi connectivity index (χ2n) is 17.3. The van der Waals surface area contributed by atoms with Gasteiger partial charge in [-0.15, -0.1) is 6.58 Å². The summed E-state index contributed by atoms with van der Waals surface area (Å²) in [4.78, 5) is 46.7. The van der Waals surface area contributed by atoms with Gasteiger partial charge in [0, 0.05) is 61.9 Å². The number of nitrogens with one attached hydrogen (secondary N) is 1. The number of methoxy groups -OCH3 is 2. The highest BCUT2D eigenvalue weighted by Gasteiger charge is 2.65. The summed E-state index contributed by atoms with van der Waals surface area (Å²) in [5, 5.41) is 38.7. The summed E-state index contributed by atoms with van der Waals surface area (Å²) in [6.45, 7) is 3.99. The summed E-state index contributed by atoms with van der Waals surface area (Å²) in [6, 6.07) is 20.8. The van der Waals surface area contributed by atoms with Gasteiger partial charge in [-0.1, -0.05) is 42.3 Å². The maximum absolute atomic E-state index is 15.0. The summed E-state index contributed by atoms with van der Waals surface area (Å²) in [5.41, 5.74) is 3.46. The quantitative estimate of drug-likeness (QED) is 0.0222. The molecule has 70 heavy (non-hydrogen) atoms. The van der Waals surface area contributed by atoms with E-state index in [1.54, 1.807) is 77.7 Å². The Labute approximate surface area is 406 Å². The second kappa shape index (κ2) is 23.5. The third-order valence-electron chi connectivity index (χ3n) is 13.1. The highest BCUT2D eigenvalue weighted by molar-refractivity contribution is 6.03. The van der Waals surface area contributed by atoms with Crippen LogP contribution in [0.2, 0.25) is 0 Å². The number of anilines is 1. The van der Waals surface area contributed by atoms with E-state index in [1.165, 1.54) is 51.7 Å². The minimum Gasteiger partial charge on any atom is -0.497 e. The molecular formula is C53H59FN4O12. The van der Waals surface area contributed by atoms with Crippen LogP contribution in [-0.4, -0.2) is 90.7 Å². The molecule has 6 atom stereocenters. The zero-order valence-electron chi connectivity index (χ0n) is 39.5. The largest absolute Gasteiger partial charge is 0.497 e. The van der Waals surface area contributed by atoms with Crippen molar-refractivity contribution in [1.29, 1.82) is 0 Å². The SMILES string of the molecule is C=CCO[C@@]12Oc3ccc(OC(=O)Nc4ccc(OC)cc4OC)cc3[C@H]3[C@H](CCCCO)[C@@H](CCCCO)C=C(C(=NOC)C[C@@H]1N(Cc1ccc(F)cc1)C(=O)C=Cc1ccc([N+](=O)[O-])cc1)[C@H]32. The lowest BCUT2D eigenvalue weighted by molar-refractivity contribution is -0.384. The number of carbonyl (C=O) groups excluding carboxylic acids is 2. The molecule has 1 heterocycles. The Morgan fingerprint density at radius 3 is 2.36 bits per heavy atom. The number of hydrogen-bond donors (Lipinski definition) is 3. The molecule has 2 amide bonds. The van der Waals surface area contributed by atoms with Crippen LogP contribution in [0.1, 0.15) is 67.6 Å². The molecule has 0 bridgehead atoms. The number of carbonyl (C=O) groups is 2. The van der Waals surface area contributed by atoms with Gasteiger partial charge in [-0.25, -0.2) is 9.18 Å². The van der Waals surface area contributed by atoms with E-state index in [1.807, 2.05) is 0 Å². The lowest BCUT2D eigenvalue weighted by Gasteiger charge is -2.60. The van der Waals surface area contributed by atoms with Crippen LogP contribution in [-0.2, 0) is 20.9 Å². The van der Waals surface area contributed by atoms with Crippen LogP contribution in [0, 0.1) is 33.7 Å². The van der Waals surface area contributed by atoms with Gasteiger partial charge >= 0.3 is 6.09 Å². The van der Waals surface area contributed by atoms with Crippen molar-refractivity contribution in [2.24, 2.45) is 22.9 Å². The Balaban J connectivity index is 1.40. The van der Waals surface area contributed by atoms with Crippen LogP contribution in [0.25, 0.3) is 6.08 Å². The molecule has 1 saturated carbocycles. The highest BCUT2D eigenvalue weighted by atomic mass is 19.1. The molecule has 7 rings (SSSR count). The molecule has 370 valence electrons. The van der Waals surface area contributed by atoms with E-state index < -0.39 is 46.4 Å². The maximum atomic E-state index is 15.0. The number of benzene rings is 4. The maximum Gasteiger partial charge on any atom is 0.417 e. The minimum absolute atomic E-state index is 0.00158. The van der Waals surface area contributed by atoms with Crippen molar-refractivity contribution in [2.45, 2.75) is 69.2 Å². The zero-order valence-corrected chi connectivity index (χ0v) is 39.5. The molecule has 16 nitrogen and oxygen atoms in total. The predicted octanol–water partition coefficient (Wildman–Crippen LogP) is 9.37. The Bertz CT molecular complexity index is 2590. The first-order chi connectivity index (χ1) is 34.0. The minimum atomic E-state index is -1.64. The highest BCUT2D eigenvalue weighted by Crippen LogP contribution is 2.62. The summed E-state index contributed by atoms with van der Waals surface area (Å²) < 4.78 is 45.5. The number of unbranched alkanes of at least 4 members (excludes halogenated alkanes) is 2. The molecule has 4 aromatic carbocycles. The molecule has 17 heteroatoms. The number of nitro benzene ring substituents is 1. The number of fused-ring (bicyclic) bond motifs is 2. The van der Waals surface area contributed by atoms with E-state index in [2.05, 4.69) is 23.1 Å². The lowest BCUT2D eigenvalue weighted by atomic mass is 9.55. The monoisotopic (exact) mass is 962 g/mol. The molecule has 4 aromatic rings. The number of amides is 2. The fourth-order valence-electron chi connectivity index (χ4n) is 10.1. The second-order valence-corrected chi connectivity index (χ2v) is 17.3. The van der Waals surface area contributed by atoms with Gasteiger partial charge in [0.2, 0.25) is 11.7 Å². The van der Waals surface area contributed by atoms with Gasteiger partial charge in [-0.3, -0.25) is 20.2 Å². The summed E-state index contributed by atoms with van der Waals surface area (Å²) in [5.74, 6) is -2.35. The van der Waals surface area contributed by atoms with Crippen molar-refractivity contribution in [1.82, 2.24) is 4.90 Å². The first kappa shape index (κ1) is 50.8. The Morgan fingerprint density at radius 2 is 1.69 bits per heavy atom. The number of oxime groups is 1. The molecule has 0 radical (unpaired) electrons. The Morgan fingerprint density at radius 1 is 0.957 bits per heavy atom. The molecule has 0 aromatic heterocycles. The van der Waals surface area contributed by atoms with Crippen LogP contribution in [0.3, 0.4) is 0 Å². The normalized spacial score (nSPS) is 21.7. The van der Waals surface area contributed by atoms with E-state index >= 15 is 4.79 Å². The van der Waals surface area contributed by atoms with Gasteiger partial charge in [0.1, 0.15) is 42.0 Å². The number of nitro groups is 1. The topological polar surface area (TPSA) is 201 Å². The van der Waals surface area contributed by atoms with Gasteiger partial charge < -0.3 is 43.6 Å². The molecule has 2 aliphatic carbocycles. The Kier molecular flexibility index (Phi) is 17.0. The standard InChI is InChI=1S/C53H59FN4O12/c1-5-28-68-53-48(57(33-35-12-17-37(54)18-13-35)49(61)25-16-34-14-19-38(20-15-34)58(63)64)32-45(56-67-4)42-29-36(10-6-8-26-59)41(11-7-9-27-60)50(51(42)53)43-30-40(22-24-46(43)70-53)69-52(62)55-44-23-21-39(65-2)31-47(44)66-3/h5,12-25,29-31,36,41,48,50-51,59-60H,1,6-11,26-28,32-33H2,2-4H3,(H,55,62)/t36-,41+,48-,50+,51+,53+/m0/s1. The molecule has 0 unspecified atom stereocenters.